The lowest BCUT2D eigenvalue weighted by Crippen LogP contribution is -2.60. The van der Waals surface area contributed by atoms with E-state index in [2.05, 4.69) is 10.3 Å². The number of amides is 1. The van der Waals surface area contributed by atoms with Gasteiger partial charge in [0, 0.05) is 13.1 Å². The third-order valence-electron chi connectivity index (χ3n) is 3.51. The Morgan fingerprint density at radius 1 is 1.55 bits per heavy atom. The summed E-state index contributed by atoms with van der Waals surface area (Å²) in [5, 5.41) is 16.1. The van der Waals surface area contributed by atoms with Crippen molar-refractivity contribution in [1.82, 2.24) is 19.9 Å². The predicted molar refractivity (Wildman–Crippen MR) is 70.1 cm³/mol. The lowest BCUT2D eigenvalue weighted by Gasteiger charge is -2.42. The van der Waals surface area contributed by atoms with Gasteiger partial charge in [-0.15, -0.1) is 5.10 Å². The number of nitrogens with zero attached hydrogens (tertiary/aromatic N) is 4. The Bertz CT molecular complexity index is 519. The minimum atomic E-state index is -1.11. The summed E-state index contributed by atoms with van der Waals surface area (Å²) < 4.78 is 1.49. The second-order valence-electron chi connectivity index (χ2n) is 5.42. The molecule has 1 aromatic rings. The van der Waals surface area contributed by atoms with Crippen LogP contribution in [0.5, 0.6) is 0 Å². The number of aromatic carboxylic acids is 1. The molecular formula is C12H19N5O3. The number of hydrogen-bond donors (Lipinski definition) is 2. The fourth-order valence-electron chi connectivity index (χ4n) is 2.33. The van der Waals surface area contributed by atoms with Crippen molar-refractivity contribution in [2.24, 2.45) is 5.73 Å². The monoisotopic (exact) mass is 281 g/mol. The molecule has 2 heterocycles. The van der Waals surface area contributed by atoms with E-state index in [-0.39, 0.29) is 17.6 Å². The Labute approximate surface area is 116 Å². The zero-order valence-electron chi connectivity index (χ0n) is 11.6. The van der Waals surface area contributed by atoms with Crippen LogP contribution < -0.4 is 5.73 Å². The van der Waals surface area contributed by atoms with E-state index in [0.717, 1.165) is 6.42 Å². The minimum Gasteiger partial charge on any atom is -0.476 e. The van der Waals surface area contributed by atoms with Crippen LogP contribution in [0.4, 0.5) is 0 Å². The van der Waals surface area contributed by atoms with Gasteiger partial charge >= 0.3 is 5.97 Å². The van der Waals surface area contributed by atoms with E-state index >= 15 is 0 Å². The van der Waals surface area contributed by atoms with E-state index in [4.69, 9.17) is 10.8 Å². The molecule has 1 unspecified atom stereocenters. The van der Waals surface area contributed by atoms with Crippen LogP contribution in [0.25, 0.3) is 0 Å². The maximum absolute atomic E-state index is 12.2. The van der Waals surface area contributed by atoms with Gasteiger partial charge in [-0.25, -0.2) is 9.48 Å². The first-order valence-electron chi connectivity index (χ1n) is 6.58. The standard InChI is InChI=1S/C12H19N5O3/c1-3-4-12(2,13)11(20)16-5-8(6-16)17-7-9(10(18)19)14-15-17/h7-8H,3-6,13H2,1-2H3,(H,18,19). The minimum absolute atomic E-state index is 0.0306. The molecular weight excluding hydrogens is 262 g/mol. The first kappa shape index (κ1) is 14.4. The summed E-state index contributed by atoms with van der Waals surface area (Å²) in [6.45, 7) is 4.69. The number of carbonyl (C=O) groups excluding carboxylic acids is 1. The highest BCUT2D eigenvalue weighted by Crippen LogP contribution is 2.24. The molecule has 1 atom stereocenters. The maximum atomic E-state index is 12.2. The van der Waals surface area contributed by atoms with Gasteiger partial charge < -0.3 is 15.7 Å². The van der Waals surface area contributed by atoms with Crippen LogP contribution in [-0.2, 0) is 4.79 Å². The average Bonchev–Trinajstić information content (AvgIpc) is 2.76. The molecule has 0 bridgehead atoms. The summed E-state index contributed by atoms with van der Waals surface area (Å²) in [5.41, 5.74) is 5.07. The van der Waals surface area contributed by atoms with Crippen molar-refractivity contribution in [1.29, 1.82) is 0 Å². The van der Waals surface area contributed by atoms with Crippen molar-refractivity contribution in [3.8, 4) is 0 Å². The summed E-state index contributed by atoms with van der Waals surface area (Å²) in [4.78, 5) is 24.6. The predicted octanol–water partition coefficient (Wildman–Crippen LogP) is -0.123. The fraction of sp³-hybridized carbons (Fsp3) is 0.667. The Hall–Kier alpha value is -1.96. The third kappa shape index (κ3) is 2.64. The van der Waals surface area contributed by atoms with Crippen LogP contribution in [0.2, 0.25) is 0 Å². The molecule has 20 heavy (non-hydrogen) atoms. The average molecular weight is 281 g/mol. The fourth-order valence-corrected chi connectivity index (χ4v) is 2.33. The number of aromatic nitrogens is 3. The SMILES string of the molecule is CCCC(C)(N)C(=O)N1CC(n2cc(C(=O)O)nn2)C1. The van der Waals surface area contributed by atoms with Gasteiger partial charge in [-0.1, -0.05) is 18.6 Å². The molecule has 1 aliphatic rings. The Morgan fingerprint density at radius 2 is 2.20 bits per heavy atom. The van der Waals surface area contributed by atoms with Crippen molar-refractivity contribution in [2.45, 2.75) is 38.3 Å². The molecule has 3 N–H and O–H groups in total. The van der Waals surface area contributed by atoms with Crippen molar-refractivity contribution >= 4 is 11.9 Å². The molecule has 1 amide bonds. The van der Waals surface area contributed by atoms with Gasteiger partial charge in [0.1, 0.15) is 0 Å². The molecule has 0 saturated carbocycles. The Morgan fingerprint density at radius 3 is 2.70 bits per heavy atom. The number of hydrogen-bond acceptors (Lipinski definition) is 5. The number of carboxylic acids is 1. The highest BCUT2D eigenvalue weighted by Gasteiger charge is 2.39. The lowest BCUT2D eigenvalue weighted by atomic mass is 9.93. The van der Waals surface area contributed by atoms with Crippen LogP contribution in [0, 0.1) is 0 Å². The summed E-state index contributed by atoms with van der Waals surface area (Å²) in [5.74, 6) is -1.19. The van der Waals surface area contributed by atoms with E-state index in [1.807, 2.05) is 6.92 Å². The number of carbonyl (C=O) groups is 2. The normalized spacial score (nSPS) is 18.4. The van der Waals surface area contributed by atoms with Gasteiger partial charge in [-0.3, -0.25) is 4.79 Å². The molecule has 1 aromatic heterocycles. The number of likely N-dealkylation sites (tertiary alicyclic amines) is 1. The van der Waals surface area contributed by atoms with Crippen molar-refractivity contribution in [2.75, 3.05) is 13.1 Å². The molecule has 2 rings (SSSR count). The second-order valence-corrected chi connectivity index (χ2v) is 5.42. The second kappa shape index (κ2) is 5.20. The summed E-state index contributed by atoms with van der Waals surface area (Å²) >= 11 is 0. The zero-order valence-corrected chi connectivity index (χ0v) is 11.6. The van der Waals surface area contributed by atoms with E-state index in [1.54, 1.807) is 11.8 Å². The van der Waals surface area contributed by atoms with Gasteiger partial charge in [0.25, 0.3) is 0 Å². The smallest absolute Gasteiger partial charge is 0.358 e. The topological polar surface area (TPSA) is 114 Å². The van der Waals surface area contributed by atoms with Crippen molar-refractivity contribution in [3.05, 3.63) is 11.9 Å². The maximum Gasteiger partial charge on any atom is 0.358 e. The molecule has 110 valence electrons. The molecule has 0 spiro atoms. The molecule has 1 aliphatic heterocycles. The Kier molecular flexibility index (Phi) is 3.76. The molecule has 1 saturated heterocycles. The summed E-state index contributed by atoms with van der Waals surface area (Å²) in [6, 6.07) is -0.0306. The number of rotatable bonds is 5. The van der Waals surface area contributed by atoms with Crippen molar-refractivity contribution in [3.63, 3.8) is 0 Å². The molecule has 8 heteroatoms. The third-order valence-corrected chi connectivity index (χ3v) is 3.51. The highest BCUT2D eigenvalue weighted by molar-refractivity contribution is 5.86. The van der Waals surface area contributed by atoms with Gasteiger partial charge in [0.15, 0.2) is 5.69 Å². The van der Waals surface area contributed by atoms with Crippen LogP contribution in [0.3, 0.4) is 0 Å². The largest absolute Gasteiger partial charge is 0.476 e. The number of carboxylic acid groups (broad SMARTS) is 1. The number of nitrogens with two attached hydrogens (primary N) is 1. The molecule has 8 nitrogen and oxygen atoms in total. The van der Waals surface area contributed by atoms with Crippen LogP contribution in [-0.4, -0.2) is 55.5 Å². The van der Waals surface area contributed by atoms with E-state index < -0.39 is 11.5 Å². The van der Waals surface area contributed by atoms with Crippen LogP contribution in [0.1, 0.15) is 43.2 Å². The molecule has 0 aliphatic carbocycles. The van der Waals surface area contributed by atoms with E-state index in [1.165, 1.54) is 10.9 Å². The zero-order chi connectivity index (χ0) is 14.9. The summed E-state index contributed by atoms with van der Waals surface area (Å²) in [7, 11) is 0. The van der Waals surface area contributed by atoms with E-state index in [0.29, 0.717) is 19.5 Å². The molecule has 0 radical (unpaired) electrons. The molecule has 0 aromatic carbocycles. The quantitative estimate of drug-likeness (QED) is 0.777. The van der Waals surface area contributed by atoms with Gasteiger partial charge in [0.05, 0.1) is 17.8 Å². The van der Waals surface area contributed by atoms with Crippen LogP contribution in [0.15, 0.2) is 6.20 Å². The van der Waals surface area contributed by atoms with Gasteiger partial charge in [-0.05, 0) is 13.3 Å². The first-order chi connectivity index (χ1) is 9.35. The first-order valence-corrected chi connectivity index (χ1v) is 6.58. The van der Waals surface area contributed by atoms with Gasteiger partial charge in [0.2, 0.25) is 5.91 Å². The van der Waals surface area contributed by atoms with E-state index in [9.17, 15) is 9.59 Å². The summed E-state index contributed by atoms with van der Waals surface area (Å²) in [6.07, 6.45) is 2.86. The lowest BCUT2D eigenvalue weighted by molar-refractivity contribution is -0.142. The Balaban J connectivity index is 1.93. The highest BCUT2D eigenvalue weighted by atomic mass is 16.4. The van der Waals surface area contributed by atoms with Crippen molar-refractivity contribution < 1.29 is 14.7 Å². The molecule has 1 fully saturated rings. The van der Waals surface area contributed by atoms with Crippen LogP contribution >= 0.6 is 0 Å². The van der Waals surface area contributed by atoms with Gasteiger partial charge in [-0.2, -0.15) is 0 Å².